The van der Waals surface area contributed by atoms with E-state index in [2.05, 4.69) is 20.9 Å². The van der Waals surface area contributed by atoms with Gasteiger partial charge in [-0.1, -0.05) is 60.2 Å². The first-order valence-corrected chi connectivity index (χ1v) is 17.9. The van der Waals surface area contributed by atoms with Crippen molar-refractivity contribution in [3.63, 3.8) is 0 Å². The van der Waals surface area contributed by atoms with Crippen molar-refractivity contribution in [2.24, 2.45) is 0 Å². The number of benzene rings is 3. The van der Waals surface area contributed by atoms with E-state index < -0.39 is 17.6 Å². The van der Waals surface area contributed by atoms with E-state index in [9.17, 15) is 23.6 Å². The number of rotatable bonds is 15. The molecule has 4 aromatic rings. The third-order valence-corrected chi connectivity index (χ3v) is 9.03. The maximum Gasteiger partial charge on any atom is 0.272 e. The van der Waals surface area contributed by atoms with Gasteiger partial charge in [-0.25, -0.2) is 9.37 Å². The second-order valence-corrected chi connectivity index (χ2v) is 13.2. The van der Waals surface area contributed by atoms with Crippen LogP contribution in [0.15, 0.2) is 79.0 Å². The second-order valence-electron chi connectivity index (χ2n) is 13.2. The first kappa shape index (κ1) is 39.4. The minimum absolute atomic E-state index is 0.0370. The van der Waals surface area contributed by atoms with Crippen LogP contribution in [-0.2, 0) is 20.7 Å². The molecule has 0 bridgehead atoms. The normalized spacial score (nSPS) is 12.7. The van der Waals surface area contributed by atoms with Gasteiger partial charge < -0.3 is 35.9 Å². The van der Waals surface area contributed by atoms with Crippen molar-refractivity contribution >= 4 is 35.0 Å². The summed E-state index contributed by atoms with van der Waals surface area (Å²) in [5.74, 6) is -1.93. The zero-order valence-electron chi connectivity index (χ0n) is 30.8. The topological polar surface area (TPSA) is 157 Å². The van der Waals surface area contributed by atoms with Crippen molar-refractivity contribution in [3.05, 3.63) is 118 Å². The van der Waals surface area contributed by atoms with Crippen LogP contribution in [0.25, 0.3) is 11.1 Å². The molecule has 2 heterocycles. The molecule has 0 spiro atoms. The van der Waals surface area contributed by atoms with Crippen molar-refractivity contribution in [3.8, 4) is 11.1 Å². The van der Waals surface area contributed by atoms with Crippen LogP contribution in [0.2, 0.25) is 0 Å². The molecule has 4 N–H and O–H groups in total. The highest BCUT2D eigenvalue weighted by Gasteiger charge is 2.26. The fourth-order valence-electron chi connectivity index (χ4n) is 6.17. The Balaban J connectivity index is 0.990. The first-order chi connectivity index (χ1) is 26.0. The molecule has 4 amide bonds. The summed E-state index contributed by atoms with van der Waals surface area (Å²) in [4.78, 5) is 58.3. The van der Waals surface area contributed by atoms with Gasteiger partial charge in [0.1, 0.15) is 5.82 Å². The van der Waals surface area contributed by atoms with Crippen molar-refractivity contribution in [1.82, 2.24) is 25.4 Å². The molecule has 1 aromatic heterocycles. The number of anilines is 1. The van der Waals surface area contributed by atoms with Crippen LogP contribution in [0.1, 0.15) is 50.0 Å². The molecule has 3 aromatic carbocycles. The summed E-state index contributed by atoms with van der Waals surface area (Å²) in [5.41, 5.74) is 6.00. The molecule has 0 aliphatic carbocycles. The van der Waals surface area contributed by atoms with Gasteiger partial charge in [-0.3, -0.25) is 19.2 Å². The predicted octanol–water partition coefficient (Wildman–Crippen LogP) is 4.39. The van der Waals surface area contributed by atoms with Crippen molar-refractivity contribution < 1.29 is 28.3 Å². The van der Waals surface area contributed by atoms with E-state index in [0.717, 1.165) is 27.8 Å². The molecule has 1 saturated heterocycles. The molecule has 12 nitrogen and oxygen atoms in total. The molecular formula is C41H46FN7O5. The molecule has 0 saturated carbocycles. The average molecular weight is 736 g/mol. The van der Waals surface area contributed by atoms with Gasteiger partial charge in [0, 0.05) is 70.1 Å². The van der Waals surface area contributed by atoms with E-state index in [-0.39, 0.29) is 62.3 Å². The van der Waals surface area contributed by atoms with Crippen LogP contribution in [-0.4, -0.2) is 103 Å². The largest absolute Gasteiger partial charge is 0.378 e. The molecule has 0 atom stereocenters. The number of pyridine rings is 1. The first-order valence-electron chi connectivity index (χ1n) is 17.9. The number of aryl methyl sites for hydroxylation is 2. The van der Waals surface area contributed by atoms with Crippen LogP contribution >= 0.6 is 0 Å². The van der Waals surface area contributed by atoms with Crippen LogP contribution in [0, 0.1) is 25.1 Å². The van der Waals surface area contributed by atoms with Gasteiger partial charge in [0.25, 0.3) is 11.8 Å². The number of hydrogen-bond acceptors (Lipinski definition) is 8. The minimum atomic E-state index is -0.615. The Kier molecular flexibility index (Phi) is 13.7. The maximum atomic E-state index is 14.8. The number of carbonyl (C=O) groups excluding carboxylic acids is 4. The lowest BCUT2D eigenvalue weighted by Crippen LogP contribution is -2.52. The van der Waals surface area contributed by atoms with Gasteiger partial charge in [-0.15, -0.1) is 0 Å². The third-order valence-electron chi connectivity index (χ3n) is 9.03. The number of amides is 4. The van der Waals surface area contributed by atoms with Crippen molar-refractivity contribution in [2.75, 3.05) is 64.3 Å². The molecule has 1 aliphatic heterocycles. The highest BCUT2D eigenvalue weighted by molar-refractivity contribution is 6.03. The summed E-state index contributed by atoms with van der Waals surface area (Å²) in [6, 6.07) is 21.6. The summed E-state index contributed by atoms with van der Waals surface area (Å²) in [7, 11) is 0. The lowest BCUT2D eigenvalue weighted by Gasteiger charge is -2.35. The summed E-state index contributed by atoms with van der Waals surface area (Å²) < 4.78 is 20.4. The summed E-state index contributed by atoms with van der Waals surface area (Å²) in [5, 5.41) is 17.0. The number of piperazine rings is 1. The number of halogens is 1. The van der Waals surface area contributed by atoms with Crippen LogP contribution in [0.4, 0.5) is 10.1 Å². The molecule has 13 heteroatoms. The quantitative estimate of drug-likeness (QED) is 0.104. The Morgan fingerprint density at radius 3 is 2.33 bits per heavy atom. The van der Waals surface area contributed by atoms with E-state index in [1.807, 2.05) is 62.4 Å². The van der Waals surface area contributed by atoms with Gasteiger partial charge in [0.2, 0.25) is 11.8 Å². The molecule has 0 unspecified atom stereocenters. The zero-order valence-corrected chi connectivity index (χ0v) is 30.8. The molecule has 1 aliphatic rings. The second kappa shape index (κ2) is 18.8. The average Bonchev–Trinajstić information content (AvgIpc) is 3.16. The van der Waals surface area contributed by atoms with E-state index in [1.165, 1.54) is 19.1 Å². The lowest BCUT2D eigenvalue weighted by atomic mass is 9.97. The fraction of sp³-hybridized carbons (Fsp3) is 0.317. The summed E-state index contributed by atoms with van der Waals surface area (Å²) in [6.07, 6.45) is 1.87. The van der Waals surface area contributed by atoms with E-state index in [4.69, 9.17) is 10.1 Å². The van der Waals surface area contributed by atoms with Gasteiger partial charge >= 0.3 is 0 Å². The molecule has 0 radical (unpaired) electrons. The SMILES string of the molecule is CC(=O)Nc1cc(-c2cccc(C)c2)cnc1C(=O)NCCOCCNCC(=O)N1CCN(C(=O)c2cc(CC(=N)c3ccccc3C)ccc2F)CC1. The standard InChI is InChI=1S/C41H46FN7O5/c1-27-7-6-9-31(21-27)32-24-37(47-29(3)50)39(46-25-32)40(52)45-14-20-54-19-13-44-26-38(51)48-15-17-49(18-16-48)41(53)34-22-30(11-12-35(34)42)23-36(43)33-10-5-4-8-28(33)2/h4-12,21-22,24-25,43-44H,13-20,23,26H2,1-3H3,(H,45,52)(H,47,50). The molecular weight excluding hydrogens is 689 g/mol. The summed E-state index contributed by atoms with van der Waals surface area (Å²) in [6.45, 7) is 7.75. The van der Waals surface area contributed by atoms with Gasteiger partial charge in [0.15, 0.2) is 5.69 Å². The molecule has 54 heavy (non-hydrogen) atoms. The van der Waals surface area contributed by atoms with Gasteiger partial charge in [-0.2, -0.15) is 0 Å². The van der Waals surface area contributed by atoms with E-state index in [0.29, 0.717) is 43.2 Å². The Morgan fingerprint density at radius 1 is 0.852 bits per heavy atom. The van der Waals surface area contributed by atoms with Gasteiger partial charge in [0.05, 0.1) is 31.0 Å². The number of nitrogens with zero attached hydrogens (tertiary/aromatic N) is 3. The van der Waals surface area contributed by atoms with Crippen molar-refractivity contribution in [2.45, 2.75) is 27.2 Å². The highest BCUT2D eigenvalue weighted by atomic mass is 19.1. The zero-order chi connectivity index (χ0) is 38.6. The summed E-state index contributed by atoms with van der Waals surface area (Å²) >= 11 is 0. The van der Waals surface area contributed by atoms with Gasteiger partial charge in [-0.05, 0) is 54.3 Å². The number of hydrogen-bond donors (Lipinski definition) is 4. The van der Waals surface area contributed by atoms with Crippen LogP contribution in [0.5, 0.6) is 0 Å². The third kappa shape index (κ3) is 10.6. The highest BCUT2D eigenvalue weighted by Crippen LogP contribution is 2.25. The van der Waals surface area contributed by atoms with Crippen LogP contribution < -0.4 is 16.0 Å². The maximum absolute atomic E-state index is 14.8. The van der Waals surface area contributed by atoms with Crippen molar-refractivity contribution in [1.29, 1.82) is 5.41 Å². The van der Waals surface area contributed by atoms with Crippen LogP contribution in [0.3, 0.4) is 0 Å². The Bertz CT molecular complexity index is 2010. The monoisotopic (exact) mass is 735 g/mol. The molecule has 1 fully saturated rings. The van der Waals surface area contributed by atoms with E-state index in [1.54, 1.807) is 28.1 Å². The lowest BCUT2D eigenvalue weighted by molar-refractivity contribution is -0.131. The smallest absolute Gasteiger partial charge is 0.272 e. The number of ether oxygens (including phenoxy) is 1. The Hall–Kier alpha value is -5.79. The number of nitrogens with one attached hydrogen (secondary N) is 4. The number of aromatic nitrogens is 1. The Labute approximate surface area is 314 Å². The van der Waals surface area contributed by atoms with E-state index >= 15 is 0 Å². The predicted molar refractivity (Wildman–Crippen MR) is 205 cm³/mol. The molecule has 5 rings (SSSR count). The minimum Gasteiger partial charge on any atom is -0.378 e. The fourth-order valence-corrected chi connectivity index (χ4v) is 6.17. The number of carbonyl (C=O) groups is 4. The Morgan fingerprint density at radius 2 is 1.59 bits per heavy atom. The molecule has 282 valence electrons.